The molecule has 0 aliphatic carbocycles. The first-order chi connectivity index (χ1) is 8.66. The third-order valence-corrected chi connectivity index (χ3v) is 3.85. The van der Waals surface area contributed by atoms with Crippen molar-refractivity contribution in [3.8, 4) is 5.13 Å². The number of aryl methyl sites for hydroxylation is 1. The Hall–Kier alpha value is -1.73. The largest absolute Gasteiger partial charge is 0.476 e. The summed E-state index contributed by atoms with van der Waals surface area (Å²) >= 11 is 1.48. The number of hydrogen-bond donors (Lipinski definition) is 2. The molecule has 1 aliphatic rings. The van der Waals surface area contributed by atoms with Gasteiger partial charge in [-0.2, -0.15) is 5.10 Å². The summed E-state index contributed by atoms with van der Waals surface area (Å²) in [5.74, 6) is -0.984. The van der Waals surface area contributed by atoms with Gasteiger partial charge < -0.3 is 10.4 Å². The smallest absolute Gasteiger partial charge is 0.356 e. The zero-order valence-electron chi connectivity index (χ0n) is 9.80. The van der Waals surface area contributed by atoms with Gasteiger partial charge in [-0.25, -0.2) is 14.5 Å². The van der Waals surface area contributed by atoms with Crippen LogP contribution in [0.2, 0.25) is 0 Å². The second-order valence-corrected chi connectivity index (χ2v) is 5.03. The maximum atomic E-state index is 11.2. The number of rotatable bonds is 2. The van der Waals surface area contributed by atoms with Crippen molar-refractivity contribution in [1.29, 1.82) is 0 Å². The lowest BCUT2D eigenvalue weighted by Crippen LogP contribution is -2.25. The molecule has 94 valence electrons. The fraction of sp³-hybridized carbons (Fsp3) is 0.364. The first kappa shape index (κ1) is 11.4. The number of carboxylic acids is 1. The van der Waals surface area contributed by atoms with E-state index in [9.17, 15) is 9.90 Å². The van der Waals surface area contributed by atoms with Crippen molar-refractivity contribution in [1.82, 2.24) is 20.1 Å². The Kier molecular flexibility index (Phi) is 2.64. The van der Waals surface area contributed by atoms with Gasteiger partial charge in [0.25, 0.3) is 0 Å². The molecule has 0 saturated carbocycles. The molecule has 0 bridgehead atoms. The van der Waals surface area contributed by atoms with Crippen LogP contribution in [0.15, 0.2) is 5.38 Å². The Bertz CT molecular complexity index is 617. The van der Waals surface area contributed by atoms with E-state index in [2.05, 4.69) is 15.4 Å². The molecule has 0 fully saturated rings. The Morgan fingerprint density at radius 2 is 2.44 bits per heavy atom. The maximum Gasteiger partial charge on any atom is 0.356 e. The molecular weight excluding hydrogens is 252 g/mol. The number of aromatic carboxylic acids is 1. The number of carbonyl (C=O) groups is 1. The van der Waals surface area contributed by atoms with Gasteiger partial charge in [0.05, 0.1) is 11.4 Å². The minimum Gasteiger partial charge on any atom is -0.476 e. The second kappa shape index (κ2) is 4.18. The first-order valence-electron chi connectivity index (χ1n) is 5.64. The molecule has 0 radical (unpaired) electrons. The molecule has 3 heterocycles. The molecule has 1 aliphatic heterocycles. The maximum absolute atomic E-state index is 11.2. The molecule has 2 aromatic rings. The summed E-state index contributed by atoms with van der Waals surface area (Å²) in [5, 5.41) is 19.2. The van der Waals surface area contributed by atoms with Crippen LogP contribution in [0.25, 0.3) is 5.13 Å². The third-order valence-electron chi connectivity index (χ3n) is 2.92. The lowest BCUT2D eigenvalue weighted by molar-refractivity contribution is 0.0688. The highest BCUT2D eigenvalue weighted by Gasteiger charge is 2.25. The number of thiazole rings is 1. The number of hydrogen-bond acceptors (Lipinski definition) is 5. The van der Waals surface area contributed by atoms with Crippen LogP contribution in [0.1, 0.15) is 27.4 Å². The Balaban J connectivity index is 2.18. The van der Waals surface area contributed by atoms with Crippen molar-refractivity contribution >= 4 is 17.3 Å². The van der Waals surface area contributed by atoms with Crippen LogP contribution in [0.3, 0.4) is 0 Å². The molecule has 7 heteroatoms. The van der Waals surface area contributed by atoms with Crippen LogP contribution in [0.5, 0.6) is 0 Å². The average Bonchev–Trinajstić information content (AvgIpc) is 2.92. The van der Waals surface area contributed by atoms with Gasteiger partial charge in [0.1, 0.15) is 0 Å². The quantitative estimate of drug-likeness (QED) is 0.845. The summed E-state index contributed by atoms with van der Waals surface area (Å²) in [5.41, 5.74) is 2.79. The summed E-state index contributed by atoms with van der Waals surface area (Å²) in [6.45, 7) is 3.30. The van der Waals surface area contributed by atoms with Crippen molar-refractivity contribution in [2.45, 2.75) is 19.9 Å². The van der Waals surface area contributed by atoms with Gasteiger partial charge in [-0.05, 0) is 6.92 Å². The predicted molar refractivity (Wildman–Crippen MR) is 66.3 cm³/mol. The van der Waals surface area contributed by atoms with Crippen LogP contribution in [0.4, 0.5) is 0 Å². The lowest BCUT2D eigenvalue weighted by Gasteiger charge is -2.14. The van der Waals surface area contributed by atoms with E-state index in [-0.39, 0.29) is 5.69 Å². The van der Waals surface area contributed by atoms with Crippen molar-refractivity contribution < 1.29 is 9.90 Å². The van der Waals surface area contributed by atoms with Gasteiger partial charge >= 0.3 is 5.97 Å². The summed E-state index contributed by atoms with van der Waals surface area (Å²) in [6.07, 6.45) is 0.772. The zero-order valence-corrected chi connectivity index (χ0v) is 10.6. The van der Waals surface area contributed by atoms with Gasteiger partial charge in [0.15, 0.2) is 5.69 Å². The summed E-state index contributed by atoms with van der Waals surface area (Å²) in [7, 11) is 0. The molecule has 0 atom stereocenters. The molecule has 0 saturated heterocycles. The molecule has 0 unspecified atom stereocenters. The number of carboxylic acid groups (broad SMARTS) is 1. The Morgan fingerprint density at radius 3 is 3.11 bits per heavy atom. The molecule has 2 N–H and O–H groups in total. The molecule has 3 rings (SSSR count). The zero-order chi connectivity index (χ0) is 12.7. The highest BCUT2D eigenvalue weighted by Crippen LogP contribution is 2.23. The van der Waals surface area contributed by atoms with Gasteiger partial charge in [-0.1, -0.05) is 0 Å². The molecule has 2 aromatic heterocycles. The second-order valence-electron chi connectivity index (χ2n) is 4.19. The summed E-state index contributed by atoms with van der Waals surface area (Å²) < 4.78 is 1.68. The van der Waals surface area contributed by atoms with E-state index < -0.39 is 5.97 Å². The highest BCUT2D eigenvalue weighted by molar-refractivity contribution is 7.12. The first-order valence-corrected chi connectivity index (χ1v) is 6.52. The van der Waals surface area contributed by atoms with Crippen LogP contribution in [-0.4, -0.2) is 32.4 Å². The molecule has 0 spiro atoms. The van der Waals surface area contributed by atoms with Gasteiger partial charge in [0, 0.05) is 30.5 Å². The molecular formula is C11H12N4O2S. The molecule has 18 heavy (non-hydrogen) atoms. The number of nitrogens with zero attached hydrogens (tertiary/aromatic N) is 3. The molecule has 0 amide bonds. The number of fused-ring (bicyclic) bond motifs is 1. The topological polar surface area (TPSA) is 80.0 Å². The van der Waals surface area contributed by atoms with Crippen LogP contribution in [-0.2, 0) is 13.0 Å². The average molecular weight is 264 g/mol. The van der Waals surface area contributed by atoms with Crippen molar-refractivity contribution in [3.63, 3.8) is 0 Å². The van der Waals surface area contributed by atoms with E-state index in [4.69, 9.17) is 0 Å². The molecule has 0 aromatic carbocycles. The van der Waals surface area contributed by atoms with E-state index in [1.54, 1.807) is 4.68 Å². The molecule has 6 nitrogen and oxygen atoms in total. The van der Waals surface area contributed by atoms with Crippen molar-refractivity contribution in [2.75, 3.05) is 6.54 Å². The van der Waals surface area contributed by atoms with Gasteiger partial charge in [0.2, 0.25) is 5.13 Å². The standard InChI is InChI=1S/C11H12N4O2S/c1-6-5-18-11(13-6)15-8-2-3-12-4-7(8)9(14-15)10(16)17/h5,12H,2-4H2,1H3,(H,16,17). The summed E-state index contributed by atoms with van der Waals surface area (Å²) in [4.78, 5) is 15.6. The van der Waals surface area contributed by atoms with E-state index in [0.717, 1.165) is 35.0 Å². The van der Waals surface area contributed by atoms with E-state index in [1.165, 1.54) is 11.3 Å². The fourth-order valence-corrected chi connectivity index (χ4v) is 2.89. The number of nitrogens with one attached hydrogen (secondary N) is 1. The van der Waals surface area contributed by atoms with E-state index in [0.29, 0.717) is 6.54 Å². The SMILES string of the molecule is Cc1csc(-n2nc(C(=O)O)c3c2CCNC3)n1. The van der Waals surface area contributed by atoms with E-state index >= 15 is 0 Å². The minimum atomic E-state index is -0.984. The van der Waals surface area contributed by atoms with Crippen molar-refractivity contribution in [3.05, 3.63) is 28.0 Å². The van der Waals surface area contributed by atoms with Crippen LogP contribution < -0.4 is 5.32 Å². The fourth-order valence-electron chi connectivity index (χ4n) is 2.12. The normalized spacial score (nSPS) is 14.5. The van der Waals surface area contributed by atoms with E-state index in [1.807, 2.05) is 12.3 Å². The highest BCUT2D eigenvalue weighted by atomic mass is 32.1. The van der Waals surface area contributed by atoms with Gasteiger partial charge in [-0.15, -0.1) is 11.3 Å². The van der Waals surface area contributed by atoms with Crippen LogP contribution in [0, 0.1) is 6.92 Å². The third kappa shape index (κ3) is 1.72. The predicted octanol–water partition coefficient (Wildman–Crippen LogP) is 0.981. The minimum absolute atomic E-state index is 0.130. The monoisotopic (exact) mass is 264 g/mol. The van der Waals surface area contributed by atoms with Gasteiger partial charge in [-0.3, -0.25) is 0 Å². The summed E-state index contributed by atoms with van der Waals surface area (Å²) in [6, 6.07) is 0. The van der Waals surface area contributed by atoms with Crippen LogP contribution >= 0.6 is 11.3 Å². The Labute approximate surface area is 107 Å². The Morgan fingerprint density at radius 1 is 1.61 bits per heavy atom. The van der Waals surface area contributed by atoms with Crippen molar-refractivity contribution in [2.24, 2.45) is 0 Å². The lowest BCUT2D eigenvalue weighted by atomic mass is 10.1. The number of aromatic nitrogens is 3.